The summed E-state index contributed by atoms with van der Waals surface area (Å²) in [5.74, 6) is -1.57. The van der Waals surface area contributed by atoms with Gasteiger partial charge in [0.2, 0.25) is 11.6 Å². The van der Waals surface area contributed by atoms with Crippen molar-refractivity contribution in [2.45, 2.75) is 143 Å². The van der Waals surface area contributed by atoms with E-state index in [2.05, 4.69) is 10.6 Å². The van der Waals surface area contributed by atoms with E-state index in [0.717, 1.165) is 11.1 Å². The van der Waals surface area contributed by atoms with Crippen molar-refractivity contribution in [1.82, 2.24) is 20.4 Å². The maximum atomic E-state index is 14.1. The molecule has 6 rings (SSSR count). The summed E-state index contributed by atoms with van der Waals surface area (Å²) in [5.41, 5.74) is 1.23. The lowest BCUT2D eigenvalue weighted by Gasteiger charge is -2.36. The van der Waals surface area contributed by atoms with Gasteiger partial charge in [-0.25, -0.2) is 9.59 Å². The Morgan fingerprint density at radius 1 is 0.517 bits per heavy atom. The highest BCUT2D eigenvalue weighted by atomic mass is 16.6. The maximum Gasteiger partial charge on any atom is 0.329 e. The summed E-state index contributed by atoms with van der Waals surface area (Å²) < 4.78 is 51.8. The van der Waals surface area contributed by atoms with Crippen LogP contribution >= 0.6 is 0 Å². The Morgan fingerprint density at radius 3 is 1.28 bits per heavy atom. The van der Waals surface area contributed by atoms with Gasteiger partial charge in [0.15, 0.2) is 36.2 Å². The van der Waals surface area contributed by atoms with Gasteiger partial charge in [-0.05, 0) is 148 Å². The number of hydrogen-bond acceptors (Lipinski definition) is 17. The number of amides is 4. The molecule has 0 saturated carbocycles. The predicted molar refractivity (Wildman–Crippen MR) is 331 cm³/mol. The minimum absolute atomic E-state index is 0.143. The zero-order chi connectivity index (χ0) is 64.7. The number of Topliss-reactive ketones (excluding diaryl/α,β-unsaturated/α-hetero) is 2. The number of benzene rings is 4. The van der Waals surface area contributed by atoms with E-state index < -0.39 is 82.3 Å². The molecule has 21 nitrogen and oxygen atoms in total. The molecule has 2 N–H and O–H groups in total. The molecule has 2 fully saturated rings. The minimum Gasteiger partial charge on any atom is -0.493 e. The van der Waals surface area contributed by atoms with E-state index in [4.69, 9.17) is 42.6 Å². The molecule has 2 aliphatic heterocycles. The van der Waals surface area contributed by atoms with E-state index in [9.17, 15) is 38.4 Å². The number of hydrogen-bond donors (Lipinski definition) is 2. The van der Waals surface area contributed by atoms with Gasteiger partial charge >= 0.3 is 11.9 Å². The number of esters is 2. The zero-order valence-corrected chi connectivity index (χ0v) is 53.4. The largest absolute Gasteiger partial charge is 0.493 e. The monoisotopic (exact) mass is 1230 g/mol. The maximum absolute atomic E-state index is 14.1. The molecule has 4 atom stereocenters. The Hall–Kier alpha value is -8.20. The Bertz CT molecular complexity index is 2870. The van der Waals surface area contributed by atoms with Crippen LogP contribution in [0.4, 0.5) is 0 Å². The van der Waals surface area contributed by atoms with Crippen molar-refractivity contribution in [2.24, 2.45) is 10.8 Å². The van der Waals surface area contributed by atoms with Crippen molar-refractivity contribution in [1.29, 1.82) is 0 Å². The summed E-state index contributed by atoms with van der Waals surface area (Å²) >= 11 is 0. The van der Waals surface area contributed by atoms with Crippen LogP contribution in [0.15, 0.2) is 84.9 Å². The Balaban J connectivity index is 0.983. The first-order chi connectivity index (χ1) is 42.7. The van der Waals surface area contributed by atoms with Crippen molar-refractivity contribution in [2.75, 3.05) is 81.0 Å². The first-order valence-corrected chi connectivity index (χ1v) is 30.8. The molecule has 4 aromatic rings. The van der Waals surface area contributed by atoms with Crippen molar-refractivity contribution in [3.05, 3.63) is 107 Å². The zero-order valence-electron chi connectivity index (χ0n) is 53.4. The van der Waals surface area contributed by atoms with Gasteiger partial charge in [-0.2, -0.15) is 0 Å². The van der Waals surface area contributed by atoms with Gasteiger partial charge in [-0.15, -0.1) is 0 Å². The van der Waals surface area contributed by atoms with Crippen LogP contribution in [0.2, 0.25) is 0 Å². The molecule has 0 bridgehead atoms. The van der Waals surface area contributed by atoms with Crippen LogP contribution in [-0.2, 0) is 65.4 Å². The number of nitrogens with one attached hydrogen (secondary N) is 2. The number of rotatable bonds is 34. The number of ether oxygens (including phenoxy) is 9. The van der Waals surface area contributed by atoms with Gasteiger partial charge in [0.25, 0.3) is 23.6 Å². The van der Waals surface area contributed by atoms with Crippen molar-refractivity contribution < 1.29 is 81.0 Å². The number of carbonyl (C=O) groups excluding carboxylic acids is 8. The standard InChI is InChI=1S/C68H90N4O17/c1-11-67(3,4)61(75)63(77)71-35-15-13-23-51(71)65(79)88-53(29-25-45-27-31-55(81-7)57(39-45)83-9)47-19-17-21-49(41-47)86-43-59(73)69-33-37-85-38-34-70-60(74)44-87-50-22-18-20-48(42-50)54(30-26-46-28-32-56(82-8)58(40-46)84-10)89-66(80)52-24-14-16-36-72(52)64(78)62(76)68(5,6)12-2/h17-22,27-28,31-32,39-42,51-54H,11-16,23-26,29-30,33-38,43-44H2,1-10H3,(H,69,73)(H,70,74). The van der Waals surface area contributed by atoms with Crippen LogP contribution in [0, 0.1) is 10.8 Å². The summed E-state index contributed by atoms with van der Waals surface area (Å²) in [6.45, 7) is 11.1. The summed E-state index contributed by atoms with van der Waals surface area (Å²) in [5, 5.41) is 5.51. The molecule has 0 radical (unpaired) electrons. The average molecular weight is 1240 g/mol. The highest BCUT2D eigenvalue weighted by Crippen LogP contribution is 2.36. The van der Waals surface area contributed by atoms with Crippen LogP contribution < -0.4 is 39.1 Å². The molecule has 0 aromatic heterocycles. The van der Waals surface area contributed by atoms with E-state index in [-0.39, 0.29) is 52.6 Å². The molecule has 484 valence electrons. The minimum atomic E-state index is -0.934. The third-order valence-corrected chi connectivity index (χ3v) is 16.6. The summed E-state index contributed by atoms with van der Waals surface area (Å²) in [6, 6.07) is 23.1. The Morgan fingerprint density at radius 2 is 0.910 bits per heavy atom. The fraction of sp³-hybridized carbons (Fsp3) is 0.529. The molecular formula is C68H90N4O17. The quantitative estimate of drug-likeness (QED) is 0.0252. The molecule has 0 spiro atoms. The van der Waals surface area contributed by atoms with Gasteiger partial charge in [-0.1, -0.05) is 77.9 Å². The number of piperidine rings is 2. The molecule has 2 heterocycles. The van der Waals surface area contributed by atoms with Crippen LogP contribution in [0.1, 0.15) is 140 Å². The van der Waals surface area contributed by atoms with Crippen molar-refractivity contribution >= 4 is 47.1 Å². The number of nitrogens with zero attached hydrogens (tertiary/aromatic N) is 2. The number of ketones is 2. The lowest BCUT2D eigenvalue weighted by atomic mass is 9.84. The lowest BCUT2D eigenvalue weighted by molar-refractivity contribution is -0.165. The average Bonchev–Trinajstić information content (AvgIpc) is 2.11. The number of aryl methyl sites for hydroxylation is 2. The normalized spacial score (nSPS) is 15.8. The van der Waals surface area contributed by atoms with Gasteiger partial charge in [0.05, 0.1) is 41.7 Å². The van der Waals surface area contributed by atoms with Gasteiger partial charge in [-0.3, -0.25) is 28.8 Å². The van der Waals surface area contributed by atoms with Gasteiger partial charge in [0.1, 0.15) is 35.8 Å². The summed E-state index contributed by atoms with van der Waals surface area (Å²) in [6.07, 6.45) is 4.34. The van der Waals surface area contributed by atoms with Crippen LogP contribution in [0.3, 0.4) is 0 Å². The highest BCUT2D eigenvalue weighted by Gasteiger charge is 2.43. The SMILES string of the molecule is CCC(C)(C)C(=O)C(=O)N1CCCCC1C(=O)OC(CCc1ccc(OC)c(OC)c1)c1cccc(OCC(=O)NCCOCCNC(=O)COc2cccc(C(CCc3ccc(OC)c(OC)c3)OC(=O)C3CCCCN3C(=O)C(=O)C(C)(C)CC)c2)c1. The third kappa shape index (κ3) is 19.9. The Labute approximate surface area is 523 Å². The molecule has 4 amide bonds. The van der Waals surface area contributed by atoms with Crippen molar-refractivity contribution in [3.8, 4) is 34.5 Å². The molecule has 2 saturated heterocycles. The first kappa shape index (κ1) is 69.9. The van der Waals surface area contributed by atoms with E-state index in [1.165, 1.54) is 9.80 Å². The van der Waals surface area contributed by atoms with Gasteiger partial charge < -0.3 is 63.1 Å². The second-order valence-electron chi connectivity index (χ2n) is 23.5. The van der Waals surface area contributed by atoms with E-state index in [0.29, 0.717) is 123 Å². The summed E-state index contributed by atoms with van der Waals surface area (Å²) in [4.78, 5) is 111. The van der Waals surface area contributed by atoms with Crippen LogP contribution in [0.5, 0.6) is 34.5 Å². The molecule has 4 aromatic carbocycles. The molecule has 21 heteroatoms. The molecule has 0 aliphatic carbocycles. The van der Waals surface area contributed by atoms with Gasteiger partial charge in [0, 0.05) is 37.0 Å². The molecule has 4 unspecified atom stereocenters. The topological polar surface area (TPSA) is 250 Å². The Kier molecular flexibility index (Phi) is 26.7. The highest BCUT2D eigenvalue weighted by molar-refractivity contribution is 6.38. The van der Waals surface area contributed by atoms with E-state index >= 15 is 0 Å². The van der Waals surface area contributed by atoms with Crippen LogP contribution in [0.25, 0.3) is 0 Å². The first-order valence-electron chi connectivity index (χ1n) is 30.8. The fourth-order valence-corrected chi connectivity index (χ4v) is 10.3. The lowest BCUT2D eigenvalue weighted by Crippen LogP contribution is -2.53. The molecule has 2 aliphatic rings. The number of methoxy groups -OCH3 is 4. The number of likely N-dealkylation sites (tertiary alicyclic amines) is 2. The van der Waals surface area contributed by atoms with E-state index in [1.54, 1.807) is 117 Å². The second-order valence-corrected chi connectivity index (χ2v) is 23.5. The van der Waals surface area contributed by atoms with Crippen molar-refractivity contribution in [3.63, 3.8) is 0 Å². The fourth-order valence-electron chi connectivity index (χ4n) is 10.3. The predicted octanol–water partition coefficient (Wildman–Crippen LogP) is 8.63. The molecular weight excluding hydrogens is 1140 g/mol. The van der Waals surface area contributed by atoms with E-state index in [1.807, 2.05) is 38.1 Å². The third-order valence-electron chi connectivity index (χ3n) is 16.6. The second kappa shape index (κ2) is 34.0. The number of carbonyl (C=O) groups is 8. The van der Waals surface area contributed by atoms with Crippen LogP contribution in [-0.4, -0.2) is 150 Å². The summed E-state index contributed by atoms with van der Waals surface area (Å²) in [7, 11) is 6.21. The smallest absolute Gasteiger partial charge is 0.329 e. The molecule has 89 heavy (non-hydrogen) atoms.